The molecule has 348 valence electrons. The number of unbranched alkanes of at least 4 members (excludes halogenated alkanes) is 24. The Balaban J connectivity index is 4.45. The molecule has 0 amide bonds. The van der Waals surface area contributed by atoms with Crippen LogP contribution in [0.3, 0.4) is 0 Å². The van der Waals surface area contributed by atoms with Crippen molar-refractivity contribution in [3.63, 3.8) is 0 Å². The third-order valence-corrected chi connectivity index (χ3v) is 10.5. The van der Waals surface area contributed by atoms with E-state index < -0.39 is 6.10 Å². The van der Waals surface area contributed by atoms with Crippen LogP contribution in [0.25, 0.3) is 0 Å². The zero-order valence-corrected chi connectivity index (χ0v) is 39.7. The smallest absolute Gasteiger partial charge is 0.306 e. The molecule has 0 N–H and O–H groups in total. The molecular formula is C55H92O6. The van der Waals surface area contributed by atoms with Gasteiger partial charge in [-0.15, -0.1) is 0 Å². The van der Waals surface area contributed by atoms with Gasteiger partial charge in [0.15, 0.2) is 6.10 Å². The highest BCUT2D eigenvalue weighted by Crippen LogP contribution is 2.14. The van der Waals surface area contributed by atoms with Crippen LogP contribution in [-0.2, 0) is 28.6 Å². The van der Waals surface area contributed by atoms with Gasteiger partial charge >= 0.3 is 17.9 Å². The Hall–Kier alpha value is -3.41. The van der Waals surface area contributed by atoms with Gasteiger partial charge in [-0.1, -0.05) is 228 Å². The van der Waals surface area contributed by atoms with E-state index in [1.807, 2.05) is 48.6 Å². The van der Waals surface area contributed by atoms with Gasteiger partial charge in [0.25, 0.3) is 0 Å². The van der Waals surface area contributed by atoms with Crippen LogP contribution in [-0.4, -0.2) is 37.2 Å². The lowest BCUT2D eigenvalue weighted by Gasteiger charge is -2.18. The molecule has 0 aliphatic heterocycles. The first-order chi connectivity index (χ1) is 30.0. The molecule has 0 rings (SSSR count). The van der Waals surface area contributed by atoms with Crippen molar-refractivity contribution in [2.24, 2.45) is 0 Å². The molecule has 0 saturated carbocycles. The summed E-state index contributed by atoms with van der Waals surface area (Å²) < 4.78 is 16.7. The second-order valence-corrected chi connectivity index (χ2v) is 16.5. The number of hydrogen-bond donors (Lipinski definition) is 0. The van der Waals surface area contributed by atoms with Crippen molar-refractivity contribution in [1.29, 1.82) is 0 Å². The first-order valence-corrected chi connectivity index (χ1v) is 25.2. The molecule has 1 atom stereocenters. The monoisotopic (exact) mass is 849 g/mol. The molecule has 0 aromatic carbocycles. The zero-order chi connectivity index (χ0) is 44.4. The van der Waals surface area contributed by atoms with E-state index in [1.165, 1.54) is 96.3 Å². The van der Waals surface area contributed by atoms with Crippen LogP contribution in [0.2, 0.25) is 0 Å². The van der Waals surface area contributed by atoms with Gasteiger partial charge in [0.1, 0.15) is 13.2 Å². The maximum absolute atomic E-state index is 12.8. The van der Waals surface area contributed by atoms with Gasteiger partial charge in [-0.2, -0.15) is 0 Å². The van der Waals surface area contributed by atoms with E-state index in [0.29, 0.717) is 19.3 Å². The molecule has 0 heterocycles. The number of ether oxygens (including phenoxy) is 3. The molecule has 0 spiro atoms. The summed E-state index contributed by atoms with van der Waals surface area (Å²) in [4.78, 5) is 37.9. The summed E-state index contributed by atoms with van der Waals surface area (Å²) in [6, 6.07) is 0. The molecule has 0 aliphatic rings. The van der Waals surface area contributed by atoms with Crippen LogP contribution < -0.4 is 0 Å². The number of rotatable bonds is 44. The van der Waals surface area contributed by atoms with E-state index in [4.69, 9.17) is 14.2 Å². The fourth-order valence-corrected chi connectivity index (χ4v) is 6.75. The van der Waals surface area contributed by atoms with Crippen LogP contribution in [0.4, 0.5) is 0 Å². The number of carbonyl (C=O) groups excluding carboxylic acids is 3. The van der Waals surface area contributed by atoms with Gasteiger partial charge in [0.05, 0.1) is 0 Å². The van der Waals surface area contributed by atoms with E-state index in [9.17, 15) is 14.4 Å². The lowest BCUT2D eigenvalue weighted by Crippen LogP contribution is -2.30. The largest absolute Gasteiger partial charge is 0.462 e. The van der Waals surface area contributed by atoms with Gasteiger partial charge in [0.2, 0.25) is 0 Å². The maximum Gasteiger partial charge on any atom is 0.306 e. The Bertz CT molecular complexity index is 1200. The van der Waals surface area contributed by atoms with Crippen molar-refractivity contribution in [2.45, 2.75) is 232 Å². The predicted molar refractivity (Wildman–Crippen MR) is 261 cm³/mol. The zero-order valence-electron chi connectivity index (χ0n) is 39.7. The van der Waals surface area contributed by atoms with Crippen molar-refractivity contribution in [3.05, 3.63) is 85.1 Å². The second-order valence-electron chi connectivity index (χ2n) is 16.5. The van der Waals surface area contributed by atoms with Crippen molar-refractivity contribution < 1.29 is 28.6 Å². The van der Waals surface area contributed by atoms with Gasteiger partial charge in [-0.05, 0) is 64.2 Å². The predicted octanol–water partition coefficient (Wildman–Crippen LogP) is 16.4. The molecule has 6 nitrogen and oxygen atoms in total. The minimum atomic E-state index is -0.802. The van der Waals surface area contributed by atoms with E-state index in [1.54, 1.807) is 0 Å². The Labute approximate surface area is 375 Å². The summed E-state index contributed by atoms with van der Waals surface area (Å²) in [6.07, 6.45) is 62.8. The molecule has 0 saturated heterocycles. The molecule has 0 fully saturated rings. The molecule has 1 unspecified atom stereocenters. The van der Waals surface area contributed by atoms with Gasteiger partial charge in [-0.25, -0.2) is 0 Å². The van der Waals surface area contributed by atoms with Gasteiger partial charge < -0.3 is 14.2 Å². The summed E-state index contributed by atoms with van der Waals surface area (Å²) in [5.41, 5.74) is 0. The second kappa shape index (κ2) is 49.2. The Morgan fingerprint density at radius 1 is 0.344 bits per heavy atom. The van der Waals surface area contributed by atoms with Crippen LogP contribution in [0.15, 0.2) is 85.1 Å². The third kappa shape index (κ3) is 47.5. The minimum absolute atomic E-state index is 0.0985. The molecule has 61 heavy (non-hydrogen) atoms. The Morgan fingerprint density at radius 2 is 0.639 bits per heavy atom. The quantitative estimate of drug-likeness (QED) is 0.0263. The third-order valence-electron chi connectivity index (χ3n) is 10.5. The van der Waals surface area contributed by atoms with E-state index in [0.717, 1.165) is 83.5 Å². The molecule has 0 bridgehead atoms. The fourth-order valence-electron chi connectivity index (χ4n) is 6.75. The topological polar surface area (TPSA) is 78.9 Å². The first-order valence-electron chi connectivity index (χ1n) is 25.2. The highest BCUT2D eigenvalue weighted by molar-refractivity contribution is 5.71. The average molecular weight is 849 g/mol. The SMILES string of the molecule is CC\C=C/C=C\C=C/C=C\C=C/CCCCCC(=O)OC(COC(=O)CCCCCCC/C=C\C=C/CCCCCCCCC)COC(=O)CCCCCCCCCCCC. The number of esters is 3. The summed E-state index contributed by atoms with van der Waals surface area (Å²) in [6.45, 7) is 6.42. The molecule has 0 aromatic heterocycles. The normalized spacial score (nSPS) is 12.8. The summed E-state index contributed by atoms with van der Waals surface area (Å²) in [5, 5.41) is 0. The van der Waals surface area contributed by atoms with Crippen LogP contribution in [0.5, 0.6) is 0 Å². The summed E-state index contributed by atoms with van der Waals surface area (Å²) in [7, 11) is 0. The standard InChI is InChI=1S/C55H92O6/c1-4-7-10-13-16-19-22-24-26-27-28-30-31-33-36-39-42-45-48-54(57)60-51-52(50-59-53(56)47-44-41-38-35-21-18-15-12-9-6-3)61-55(58)49-46-43-40-37-34-32-29-25-23-20-17-14-11-8-5-2/h8,11,14,17,20,23,25-30,32,34,52H,4-7,9-10,12-13,15-16,18-19,21-22,24,31,33,35-51H2,1-3H3/b11-8-,17-14-,23-20-,27-26-,29-25-,30-28-,34-32-. The minimum Gasteiger partial charge on any atom is -0.462 e. The lowest BCUT2D eigenvalue weighted by molar-refractivity contribution is -0.167. The molecular weight excluding hydrogens is 757 g/mol. The van der Waals surface area contributed by atoms with Crippen LogP contribution in [0, 0.1) is 0 Å². The number of allylic oxidation sites excluding steroid dienone is 14. The molecule has 0 aliphatic carbocycles. The number of hydrogen-bond acceptors (Lipinski definition) is 6. The fraction of sp³-hybridized carbons (Fsp3) is 0.691. The molecule has 6 heteroatoms. The van der Waals surface area contributed by atoms with E-state index >= 15 is 0 Å². The van der Waals surface area contributed by atoms with E-state index in [2.05, 4.69) is 57.2 Å². The highest BCUT2D eigenvalue weighted by atomic mass is 16.6. The average Bonchev–Trinajstić information content (AvgIpc) is 3.26. The van der Waals surface area contributed by atoms with Crippen molar-refractivity contribution in [1.82, 2.24) is 0 Å². The number of carbonyl (C=O) groups is 3. The summed E-state index contributed by atoms with van der Waals surface area (Å²) >= 11 is 0. The highest BCUT2D eigenvalue weighted by Gasteiger charge is 2.19. The van der Waals surface area contributed by atoms with Gasteiger partial charge in [0, 0.05) is 19.3 Å². The van der Waals surface area contributed by atoms with Crippen LogP contribution >= 0.6 is 0 Å². The molecule has 0 aromatic rings. The first kappa shape index (κ1) is 57.6. The Morgan fingerprint density at radius 3 is 1.03 bits per heavy atom. The Kier molecular flexibility index (Phi) is 46.5. The van der Waals surface area contributed by atoms with Gasteiger partial charge in [-0.3, -0.25) is 14.4 Å². The maximum atomic E-state index is 12.8. The lowest BCUT2D eigenvalue weighted by atomic mass is 10.1. The van der Waals surface area contributed by atoms with E-state index in [-0.39, 0.29) is 37.5 Å². The van der Waals surface area contributed by atoms with Crippen molar-refractivity contribution in [3.8, 4) is 0 Å². The summed E-state index contributed by atoms with van der Waals surface area (Å²) in [5.74, 6) is -0.960. The molecule has 0 radical (unpaired) electrons. The van der Waals surface area contributed by atoms with Crippen LogP contribution in [0.1, 0.15) is 226 Å². The van der Waals surface area contributed by atoms with Crippen molar-refractivity contribution >= 4 is 17.9 Å². The van der Waals surface area contributed by atoms with Crippen molar-refractivity contribution in [2.75, 3.05) is 13.2 Å².